The van der Waals surface area contributed by atoms with E-state index in [-0.39, 0.29) is 0 Å². The molecule has 0 N–H and O–H groups in total. The molecule has 2 heteroatoms. The second-order valence-corrected chi connectivity index (χ2v) is 17.8. The van der Waals surface area contributed by atoms with Gasteiger partial charge in [0.15, 0.2) is 0 Å². The lowest BCUT2D eigenvalue weighted by molar-refractivity contribution is 1.61. The van der Waals surface area contributed by atoms with Gasteiger partial charge in [0.2, 0.25) is 0 Å². The van der Waals surface area contributed by atoms with Crippen LogP contribution in [-0.4, -0.2) is 16.1 Å². The summed E-state index contributed by atoms with van der Waals surface area (Å²) < 4.78 is 0. The molecule has 0 fully saturated rings. The van der Waals surface area contributed by atoms with Crippen molar-refractivity contribution in [1.82, 2.24) is 0 Å². The average Bonchev–Trinajstić information content (AvgIpc) is 2.37. The van der Waals surface area contributed by atoms with Crippen LogP contribution in [0.3, 0.4) is 0 Å². The van der Waals surface area contributed by atoms with E-state index in [1.807, 2.05) is 0 Å². The largest absolute Gasteiger partial charge is 0.0776 e. The predicted octanol–water partition coefficient (Wildman–Crippen LogP) is 4.44. The molecule has 0 saturated carbocycles. The molecule has 0 aliphatic rings. The smallest absolute Gasteiger partial charge is 0.0656 e. The standard InChI is InChI=1S/C18H26Si2/c1-19(2,3)17-11-7-9-15(13-17)16-10-8-12-18(14-16)20(4,5)6/h7-14H,1-6H3. The van der Waals surface area contributed by atoms with E-state index >= 15 is 0 Å². The molecule has 0 atom stereocenters. The van der Waals surface area contributed by atoms with Crippen molar-refractivity contribution in [2.75, 3.05) is 0 Å². The molecule has 106 valence electrons. The lowest BCUT2D eigenvalue weighted by Gasteiger charge is -2.19. The maximum Gasteiger partial charge on any atom is 0.0776 e. The summed E-state index contributed by atoms with van der Waals surface area (Å²) >= 11 is 0. The van der Waals surface area contributed by atoms with E-state index < -0.39 is 16.1 Å². The third kappa shape index (κ3) is 3.50. The van der Waals surface area contributed by atoms with Gasteiger partial charge in [0, 0.05) is 0 Å². The Kier molecular flexibility index (Phi) is 4.08. The van der Waals surface area contributed by atoms with E-state index in [1.165, 1.54) is 21.5 Å². The molecule has 2 aromatic rings. The monoisotopic (exact) mass is 298 g/mol. The Balaban J connectivity index is 2.47. The third-order valence-electron chi connectivity index (χ3n) is 3.79. The summed E-state index contributed by atoms with van der Waals surface area (Å²) in [6, 6.07) is 18.3. The molecule has 0 heterocycles. The first-order valence-corrected chi connectivity index (χ1v) is 14.4. The van der Waals surface area contributed by atoms with Crippen LogP contribution >= 0.6 is 0 Å². The van der Waals surface area contributed by atoms with Gasteiger partial charge >= 0.3 is 0 Å². The molecule has 0 spiro atoms. The quantitative estimate of drug-likeness (QED) is 0.735. The molecule has 0 bridgehead atoms. The Morgan fingerprint density at radius 1 is 0.550 bits per heavy atom. The second kappa shape index (κ2) is 5.34. The third-order valence-corrected chi connectivity index (χ3v) is 7.88. The molecule has 0 nitrogen and oxygen atoms in total. The Morgan fingerprint density at radius 2 is 0.900 bits per heavy atom. The molecule has 2 aromatic carbocycles. The highest BCUT2D eigenvalue weighted by Crippen LogP contribution is 2.19. The van der Waals surface area contributed by atoms with Gasteiger partial charge in [-0.1, -0.05) is 98.2 Å². The van der Waals surface area contributed by atoms with Crippen LogP contribution in [0.5, 0.6) is 0 Å². The fourth-order valence-electron chi connectivity index (χ4n) is 2.33. The fraction of sp³-hybridized carbons (Fsp3) is 0.333. The summed E-state index contributed by atoms with van der Waals surface area (Å²) in [6.45, 7) is 14.4. The van der Waals surface area contributed by atoms with Crippen molar-refractivity contribution in [2.24, 2.45) is 0 Å². The number of hydrogen-bond donors (Lipinski definition) is 0. The van der Waals surface area contributed by atoms with Gasteiger partial charge in [-0.25, -0.2) is 0 Å². The molecule has 0 saturated heterocycles. The van der Waals surface area contributed by atoms with Crippen LogP contribution < -0.4 is 10.4 Å². The molecule has 0 aliphatic carbocycles. The van der Waals surface area contributed by atoms with E-state index in [1.54, 1.807) is 0 Å². The number of rotatable bonds is 3. The molecule has 0 unspecified atom stereocenters. The van der Waals surface area contributed by atoms with Gasteiger partial charge in [0.05, 0.1) is 16.1 Å². The normalized spacial score (nSPS) is 12.5. The summed E-state index contributed by atoms with van der Waals surface area (Å²) in [5.41, 5.74) is 2.73. The summed E-state index contributed by atoms with van der Waals surface area (Å²) in [6.07, 6.45) is 0. The summed E-state index contributed by atoms with van der Waals surface area (Å²) in [4.78, 5) is 0. The van der Waals surface area contributed by atoms with Gasteiger partial charge in [-0.05, 0) is 11.1 Å². The summed E-state index contributed by atoms with van der Waals surface area (Å²) in [5, 5.41) is 3.07. The van der Waals surface area contributed by atoms with Crippen LogP contribution in [0.25, 0.3) is 11.1 Å². The number of benzene rings is 2. The lowest BCUT2D eigenvalue weighted by Crippen LogP contribution is -2.38. The fourth-order valence-corrected chi connectivity index (χ4v) is 4.70. The van der Waals surface area contributed by atoms with E-state index in [9.17, 15) is 0 Å². The van der Waals surface area contributed by atoms with Crippen molar-refractivity contribution in [3.8, 4) is 11.1 Å². The SMILES string of the molecule is C[Si](C)(C)c1cccc(-c2cccc([Si](C)(C)C)c2)c1. The first kappa shape index (κ1) is 15.3. The minimum atomic E-state index is -1.24. The van der Waals surface area contributed by atoms with Crippen molar-refractivity contribution in [1.29, 1.82) is 0 Å². The Labute approximate surface area is 125 Å². The maximum atomic E-state index is 2.41. The summed E-state index contributed by atoms with van der Waals surface area (Å²) in [7, 11) is -2.48. The topological polar surface area (TPSA) is 0 Å². The maximum absolute atomic E-state index is 2.41. The molecule has 0 aliphatic heterocycles. The van der Waals surface area contributed by atoms with Gasteiger partial charge in [0.1, 0.15) is 0 Å². The van der Waals surface area contributed by atoms with Crippen molar-refractivity contribution in [2.45, 2.75) is 39.3 Å². The summed E-state index contributed by atoms with van der Waals surface area (Å²) in [5.74, 6) is 0. The van der Waals surface area contributed by atoms with Crippen molar-refractivity contribution in [3.63, 3.8) is 0 Å². The highest BCUT2D eigenvalue weighted by atomic mass is 28.3. The van der Waals surface area contributed by atoms with Crippen LogP contribution in [-0.2, 0) is 0 Å². The van der Waals surface area contributed by atoms with Crippen LogP contribution in [0.2, 0.25) is 39.3 Å². The first-order chi connectivity index (χ1) is 9.18. The zero-order valence-electron chi connectivity index (χ0n) is 13.6. The average molecular weight is 299 g/mol. The molecule has 20 heavy (non-hydrogen) atoms. The van der Waals surface area contributed by atoms with Crippen molar-refractivity contribution < 1.29 is 0 Å². The molecule has 0 aromatic heterocycles. The van der Waals surface area contributed by atoms with Gasteiger partial charge in [-0.2, -0.15) is 0 Å². The second-order valence-electron chi connectivity index (χ2n) is 7.66. The first-order valence-electron chi connectivity index (χ1n) is 7.39. The van der Waals surface area contributed by atoms with Gasteiger partial charge in [-0.15, -0.1) is 0 Å². The van der Waals surface area contributed by atoms with E-state index in [0.29, 0.717) is 0 Å². The van der Waals surface area contributed by atoms with Gasteiger partial charge in [0.25, 0.3) is 0 Å². The highest BCUT2D eigenvalue weighted by Gasteiger charge is 2.18. The van der Waals surface area contributed by atoms with Crippen molar-refractivity contribution in [3.05, 3.63) is 48.5 Å². The molecule has 0 radical (unpaired) electrons. The van der Waals surface area contributed by atoms with Crippen molar-refractivity contribution >= 4 is 26.5 Å². The minimum absolute atomic E-state index is 1.24. The molecule has 2 rings (SSSR count). The minimum Gasteiger partial charge on any atom is -0.0656 e. The van der Waals surface area contributed by atoms with Gasteiger partial charge < -0.3 is 0 Å². The van der Waals surface area contributed by atoms with Gasteiger partial charge in [-0.3, -0.25) is 0 Å². The Hall–Kier alpha value is -1.13. The highest BCUT2D eigenvalue weighted by molar-refractivity contribution is 6.89. The van der Waals surface area contributed by atoms with Crippen LogP contribution in [0, 0.1) is 0 Å². The van der Waals surface area contributed by atoms with E-state index in [0.717, 1.165) is 0 Å². The van der Waals surface area contributed by atoms with Crippen LogP contribution in [0.1, 0.15) is 0 Å². The lowest BCUT2D eigenvalue weighted by atomic mass is 10.1. The zero-order valence-corrected chi connectivity index (χ0v) is 15.6. The molecular weight excluding hydrogens is 272 g/mol. The molecular formula is C18H26Si2. The number of hydrogen-bond acceptors (Lipinski definition) is 0. The molecule has 0 amide bonds. The van der Waals surface area contributed by atoms with E-state index in [2.05, 4.69) is 87.8 Å². The van der Waals surface area contributed by atoms with Crippen LogP contribution in [0.15, 0.2) is 48.5 Å². The zero-order chi connectivity index (χ0) is 15.0. The van der Waals surface area contributed by atoms with Crippen LogP contribution in [0.4, 0.5) is 0 Å². The Morgan fingerprint density at radius 3 is 1.20 bits per heavy atom. The predicted molar refractivity (Wildman–Crippen MR) is 97.8 cm³/mol. The Bertz CT molecular complexity index is 546. The van der Waals surface area contributed by atoms with E-state index in [4.69, 9.17) is 0 Å².